The van der Waals surface area contributed by atoms with Crippen molar-refractivity contribution in [3.63, 3.8) is 0 Å². The van der Waals surface area contributed by atoms with E-state index in [1.807, 2.05) is 37.3 Å². The van der Waals surface area contributed by atoms with Gasteiger partial charge < -0.3 is 10.4 Å². The Balaban J connectivity index is 2.67. The van der Waals surface area contributed by atoms with Crippen molar-refractivity contribution >= 4 is 0 Å². The summed E-state index contributed by atoms with van der Waals surface area (Å²) in [5.41, 5.74) is 0.998. The molecule has 3 heteroatoms. The first-order valence-electron chi connectivity index (χ1n) is 3.64. The number of dihydropyridines is 1. The normalized spacial score (nSPS) is 23.3. The van der Waals surface area contributed by atoms with Gasteiger partial charge >= 0.3 is 0 Å². The summed E-state index contributed by atoms with van der Waals surface area (Å²) >= 11 is 0. The Labute approximate surface area is 67.0 Å². The number of aliphatic hydroxyl groups excluding tert-OH is 1. The first-order valence-corrected chi connectivity index (χ1v) is 3.64. The maximum absolute atomic E-state index is 8.94. The molecular formula is C8H14N2O. The molecule has 1 heterocycles. The summed E-state index contributed by atoms with van der Waals surface area (Å²) in [5.74, 6) is 0. The molecular weight excluding hydrogens is 140 g/mol. The van der Waals surface area contributed by atoms with E-state index in [0.29, 0.717) is 0 Å². The van der Waals surface area contributed by atoms with E-state index in [9.17, 15) is 0 Å². The number of nitrogens with one attached hydrogen (secondary N) is 1. The van der Waals surface area contributed by atoms with Crippen molar-refractivity contribution in [3.8, 4) is 0 Å². The molecule has 1 aliphatic heterocycles. The van der Waals surface area contributed by atoms with E-state index < -0.39 is 0 Å². The fourth-order valence-corrected chi connectivity index (χ4v) is 1.14. The number of hydrogen-bond donors (Lipinski definition) is 2. The predicted octanol–water partition coefficient (Wildman–Crippen LogP) is -0.0903. The zero-order valence-electron chi connectivity index (χ0n) is 6.91. The van der Waals surface area contributed by atoms with Gasteiger partial charge in [0.2, 0.25) is 0 Å². The molecule has 0 bridgehead atoms. The van der Waals surface area contributed by atoms with E-state index in [1.54, 1.807) is 0 Å². The first-order chi connectivity index (χ1) is 5.25. The van der Waals surface area contributed by atoms with Crippen LogP contribution in [0.2, 0.25) is 0 Å². The third-order valence-corrected chi connectivity index (χ3v) is 1.71. The molecule has 11 heavy (non-hydrogen) atoms. The van der Waals surface area contributed by atoms with Gasteiger partial charge in [-0.2, -0.15) is 0 Å². The molecule has 2 N–H and O–H groups in total. The van der Waals surface area contributed by atoms with Crippen LogP contribution in [-0.4, -0.2) is 36.9 Å². The molecule has 1 aliphatic rings. The Morgan fingerprint density at radius 2 is 2.36 bits per heavy atom. The van der Waals surface area contributed by atoms with Crippen LogP contribution in [0.1, 0.15) is 0 Å². The lowest BCUT2D eigenvalue weighted by Crippen LogP contribution is -2.42. The molecule has 0 radical (unpaired) electrons. The molecule has 0 saturated carbocycles. The van der Waals surface area contributed by atoms with E-state index in [2.05, 4.69) is 5.32 Å². The van der Waals surface area contributed by atoms with Crippen molar-refractivity contribution in [2.45, 2.75) is 6.17 Å². The number of aliphatic hydroxyl groups is 1. The molecule has 0 aliphatic carbocycles. The minimum absolute atomic E-state index is 0.111. The SMILES string of the molecule is CN(C)C1NC=CC=C1CO. The summed E-state index contributed by atoms with van der Waals surface area (Å²) < 4.78 is 0. The quantitative estimate of drug-likeness (QED) is 0.583. The second-order valence-corrected chi connectivity index (χ2v) is 2.79. The number of likely N-dealkylation sites (N-methyl/N-ethyl adjacent to an activating group) is 1. The van der Waals surface area contributed by atoms with Gasteiger partial charge in [0, 0.05) is 0 Å². The van der Waals surface area contributed by atoms with E-state index in [0.717, 1.165) is 5.57 Å². The van der Waals surface area contributed by atoms with Gasteiger partial charge in [-0.3, -0.25) is 4.90 Å². The molecule has 62 valence electrons. The van der Waals surface area contributed by atoms with Crippen molar-refractivity contribution in [1.29, 1.82) is 0 Å². The highest BCUT2D eigenvalue weighted by molar-refractivity contribution is 5.22. The Morgan fingerprint density at radius 3 is 2.82 bits per heavy atom. The summed E-state index contributed by atoms with van der Waals surface area (Å²) in [4.78, 5) is 2.02. The number of rotatable bonds is 2. The molecule has 0 spiro atoms. The van der Waals surface area contributed by atoms with Gasteiger partial charge in [-0.1, -0.05) is 6.08 Å². The van der Waals surface area contributed by atoms with Gasteiger partial charge in [0.25, 0.3) is 0 Å². The number of allylic oxidation sites excluding steroid dienone is 2. The highest BCUT2D eigenvalue weighted by Gasteiger charge is 2.14. The summed E-state index contributed by atoms with van der Waals surface area (Å²) in [6.07, 6.45) is 5.85. The van der Waals surface area contributed by atoms with Crippen molar-refractivity contribution in [1.82, 2.24) is 10.2 Å². The fourth-order valence-electron chi connectivity index (χ4n) is 1.14. The Morgan fingerprint density at radius 1 is 1.64 bits per heavy atom. The average molecular weight is 154 g/mol. The van der Waals surface area contributed by atoms with Gasteiger partial charge in [0.1, 0.15) is 6.17 Å². The van der Waals surface area contributed by atoms with Crippen molar-refractivity contribution in [2.75, 3.05) is 20.7 Å². The zero-order chi connectivity index (χ0) is 8.27. The molecule has 0 fully saturated rings. The highest BCUT2D eigenvalue weighted by Crippen LogP contribution is 2.07. The van der Waals surface area contributed by atoms with Gasteiger partial charge in [-0.15, -0.1) is 0 Å². The molecule has 0 aromatic heterocycles. The minimum Gasteiger partial charge on any atom is -0.392 e. The molecule has 1 atom stereocenters. The molecule has 3 nitrogen and oxygen atoms in total. The molecule has 0 amide bonds. The maximum atomic E-state index is 8.94. The van der Waals surface area contributed by atoms with Gasteiger partial charge in [-0.05, 0) is 31.9 Å². The average Bonchev–Trinajstić information content (AvgIpc) is 2.04. The van der Waals surface area contributed by atoms with Crippen LogP contribution in [0.4, 0.5) is 0 Å². The topological polar surface area (TPSA) is 35.5 Å². The second-order valence-electron chi connectivity index (χ2n) is 2.79. The lowest BCUT2D eigenvalue weighted by Gasteiger charge is -2.28. The summed E-state index contributed by atoms with van der Waals surface area (Å²) in [7, 11) is 3.95. The van der Waals surface area contributed by atoms with Crippen LogP contribution >= 0.6 is 0 Å². The van der Waals surface area contributed by atoms with Crippen LogP contribution in [0.5, 0.6) is 0 Å². The molecule has 0 aromatic carbocycles. The predicted molar refractivity (Wildman–Crippen MR) is 44.9 cm³/mol. The first kappa shape index (κ1) is 8.30. The smallest absolute Gasteiger partial charge is 0.103 e. The van der Waals surface area contributed by atoms with Crippen molar-refractivity contribution < 1.29 is 5.11 Å². The van der Waals surface area contributed by atoms with Crippen LogP contribution in [0.15, 0.2) is 23.9 Å². The zero-order valence-corrected chi connectivity index (χ0v) is 6.91. The van der Waals surface area contributed by atoms with Crippen LogP contribution in [0.25, 0.3) is 0 Å². The lowest BCUT2D eigenvalue weighted by atomic mass is 10.1. The number of nitrogens with zero attached hydrogens (tertiary/aromatic N) is 1. The molecule has 1 unspecified atom stereocenters. The van der Waals surface area contributed by atoms with Gasteiger partial charge in [0.15, 0.2) is 0 Å². The van der Waals surface area contributed by atoms with Crippen LogP contribution in [-0.2, 0) is 0 Å². The number of hydrogen-bond acceptors (Lipinski definition) is 3. The van der Waals surface area contributed by atoms with E-state index >= 15 is 0 Å². The third kappa shape index (κ3) is 1.82. The third-order valence-electron chi connectivity index (χ3n) is 1.71. The molecule has 0 aromatic rings. The lowest BCUT2D eigenvalue weighted by molar-refractivity contribution is 0.253. The molecule has 1 rings (SSSR count). The van der Waals surface area contributed by atoms with E-state index in [4.69, 9.17) is 5.11 Å². The van der Waals surface area contributed by atoms with Crippen molar-refractivity contribution in [3.05, 3.63) is 23.9 Å². The standard InChI is InChI=1S/C8H14N2O/c1-10(2)8-7(6-11)4-3-5-9-8/h3-5,8-9,11H,6H2,1-2H3. The maximum Gasteiger partial charge on any atom is 0.103 e. The minimum atomic E-state index is 0.111. The Hall–Kier alpha value is -0.800. The van der Waals surface area contributed by atoms with Crippen molar-refractivity contribution in [2.24, 2.45) is 0 Å². The van der Waals surface area contributed by atoms with E-state index in [-0.39, 0.29) is 12.8 Å². The van der Waals surface area contributed by atoms with Gasteiger partial charge in [0.05, 0.1) is 6.61 Å². The molecule has 0 saturated heterocycles. The largest absolute Gasteiger partial charge is 0.392 e. The van der Waals surface area contributed by atoms with E-state index in [1.165, 1.54) is 0 Å². The highest BCUT2D eigenvalue weighted by atomic mass is 16.3. The van der Waals surface area contributed by atoms with Crippen LogP contribution in [0, 0.1) is 0 Å². The Kier molecular flexibility index (Phi) is 2.68. The summed E-state index contributed by atoms with van der Waals surface area (Å²) in [6.45, 7) is 0.111. The second kappa shape index (κ2) is 3.55. The van der Waals surface area contributed by atoms with Crippen LogP contribution in [0.3, 0.4) is 0 Å². The van der Waals surface area contributed by atoms with Gasteiger partial charge in [-0.25, -0.2) is 0 Å². The summed E-state index contributed by atoms with van der Waals surface area (Å²) in [5, 5.41) is 12.1. The summed E-state index contributed by atoms with van der Waals surface area (Å²) in [6, 6.07) is 0. The monoisotopic (exact) mass is 154 g/mol. The Bertz CT molecular complexity index is 185. The van der Waals surface area contributed by atoms with Crippen LogP contribution < -0.4 is 5.32 Å². The fraction of sp³-hybridized carbons (Fsp3) is 0.500.